The normalized spacial score (nSPS) is 14.8. The van der Waals surface area contributed by atoms with E-state index in [9.17, 15) is 4.79 Å². The van der Waals surface area contributed by atoms with Crippen molar-refractivity contribution >= 4 is 5.97 Å². The molecule has 0 aliphatic rings. The summed E-state index contributed by atoms with van der Waals surface area (Å²) in [6, 6.07) is 0. The topological polar surface area (TPSA) is 37.3 Å². The second kappa shape index (κ2) is 4.82. The van der Waals surface area contributed by atoms with Gasteiger partial charge in [0.2, 0.25) is 0 Å². The lowest BCUT2D eigenvalue weighted by atomic mass is 9.85. The summed E-state index contributed by atoms with van der Waals surface area (Å²) in [6.07, 6.45) is 0. The minimum atomic E-state index is -0.750. The second-order valence-electron chi connectivity index (χ2n) is 3.29. The Hall–Kier alpha value is -0.970. The van der Waals surface area contributed by atoms with Gasteiger partial charge in [-0.2, -0.15) is 0 Å². The highest BCUT2D eigenvalue weighted by atomic mass is 16.4. The fourth-order valence-electron chi connectivity index (χ4n) is 1.39. The summed E-state index contributed by atoms with van der Waals surface area (Å²) in [6.45, 7) is 7.41. The van der Waals surface area contributed by atoms with Crippen LogP contribution in [0.2, 0.25) is 0 Å². The van der Waals surface area contributed by atoms with Gasteiger partial charge in [0.05, 0.1) is 5.92 Å². The van der Waals surface area contributed by atoms with Crippen LogP contribution >= 0.6 is 0 Å². The van der Waals surface area contributed by atoms with Gasteiger partial charge in [0, 0.05) is 5.92 Å². The molecule has 0 aliphatic heterocycles. The van der Waals surface area contributed by atoms with Crippen molar-refractivity contribution in [1.29, 1.82) is 0 Å². The van der Waals surface area contributed by atoms with Crippen molar-refractivity contribution in [3.63, 3.8) is 0 Å². The highest BCUT2D eigenvalue weighted by Crippen LogP contribution is 2.20. The molecule has 0 rings (SSSR count). The van der Waals surface area contributed by atoms with Crippen molar-refractivity contribution in [2.45, 2.75) is 27.7 Å². The molecule has 0 saturated heterocycles. The third-order valence-corrected chi connectivity index (χ3v) is 1.91. The van der Waals surface area contributed by atoms with E-state index in [1.165, 1.54) is 0 Å². The quantitative estimate of drug-likeness (QED) is 0.654. The van der Waals surface area contributed by atoms with E-state index in [1.54, 1.807) is 6.92 Å². The van der Waals surface area contributed by atoms with Gasteiger partial charge in [-0.05, 0) is 12.8 Å². The van der Waals surface area contributed by atoms with Gasteiger partial charge in [0.15, 0.2) is 0 Å². The van der Waals surface area contributed by atoms with Gasteiger partial charge in [0.1, 0.15) is 0 Å². The van der Waals surface area contributed by atoms with Crippen LogP contribution in [0.4, 0.5) is 0 Å². The molecule has 2 atom stereocenters. The van der Waals surface area contributed by atoms with Gasteiger partial charge in [-0.3, -0.25) is 4.79 Å². The Morgan fingerprint density at radius 1 is 1.33 bits per heavy atom. The third kappa shape index (κ3) is 2.96. The number of carbonyl (C=O) groups is 1. The van der Waals surface area contributed by atoms with Crippen LogP contribution in [0, 0.1) is 29.6 Å². The summed E-state index contributed by atoms with van der Waals surface area (Å²) in [7, 11) is 0. The Labute approximate surface area is 74.0 Å². The zero-order chi connectivity index (χ0) is 9.72. The number of carboxylic acid groups (broad SMARTS) is 1. The van der Waals surface area contributed by atoms with E-state index in [0.29, 0.717) is 0 Å². The minimum Gasteiger partial charge on any atom is -0.481 e. The zero-order valence-corrected chi connectivity index (χ0v) is 8.09. The summed E-state index contributed by atoms with van der Waals surface area (Å²) in [5.41, 5.74) is 0. The van der Waals surface area contributed by atoms with Gasteiger partial charge in [-0.1, -0.05) is 26.7 Å². The number of aliphatic carboxylic acids is 1. The van der Waals surface area contributed by atoms with Crippen molar-refractivity contribution < 1.29 is 9.90 Å². The first-order chi connectivity index (χ1) is 5.50. The van der Waals surface area contributed by atoms with E-state index in [0.717, 1.165) is 0 Å². The number of hydrogen-bond donors (Lipinski definition) is 1. The Kier molecular flexibility index (Phi) is 4.43. The molecule has 0 amide bonds. The predicted octanol–water partition coefficient (Wildman–Crippen LogP) is 2.00. The number of hydrogen-bond acceptors (Lipinski definition) is 1. The van der Waals surface area contributed by atoms with Crippen LogP contribution in [0.5, 0.6) is 0 Å². The number of carboxylic acids is 1. The van der Waals surface area contributed by atoms with E-state index in [2.05, 4.69) is 11.8 Å². The first-order valence-electron chi connectivity index (χ1n) is 4.15. The second-order valence-corrected chi connectivity index (χ2v) is 3.29. The molecule has 0 radical (unpaired) electrons. The lowest BCUT2D eigenvalue weighted by Gasteiger charge is -2.18. The first kappa shape index (κ1) is 11.0. The molecule has 0 bridgehead atoms. The SMILES string of the molecule is CC#CC(C)C(C(=O)O)C(C)C. The van der Waals surface area contributed by atoms with Crippen LogP contribution < -0.4 is 0 Å². The fourth-order valence-corrected chi connectivity index (χ4v) is 1.39. The molecule has 2 nitrogen and oxygen atoms in total. The molecule has 0 aromatic heterocycles. The standard InChI is InChI=1S/C10H16O2/c1-5-6-8(4)9(7(2)3)10(11)12/h7-9H,1-4H3,(H,11,12). The lowest BCUT2D eigenvalue weighted by molar-refractivity contribution is -0.144. The lowest BCUT2D eigenvalue weighted by Crippen LogP contribution is -2.25. The Balaban J connectivity index is 4.47. The van der Waals surface area contributed by atoms with Gasteiger partial charge < -0.3 is 5.11 Å². The molecule has 0 fully saturated rings. The maximum Gasteiger partial charge on any atom is 0.308 e. The monoisotopic (exact) mass is 168 g/mol. The largest absolute Gasteiger partial charge is 0.481 e. The molecule has 0 aliphatic carbocycles. The van der Waals surface area contributed by atoms with E-state index >= 15 is 0 Å². The van der Waals surface area contributed by atoms with Crippen LogP contribution in [-0.2, 0) is 4.79 Å². The number of rotatable bonds is 3. The highest BCUT2D eigenvalue weighted by molar-refractivity contribution is 5.71. The van der Waals surface area contributed by atoms with Crippen LogP contribution in [0.3, 0.4) is 0 Å². The molecule has 2 unspecified atom stereocenters. The molecular formula is C10H16O2. The summed E-state index contributed by atoms with van der Waals surface area (Å²) in [5, 5.41) is 8.87. The molecular weight excluding hydrogens is 152 g/mol. The molecule has 0 aromatic carbocycles. The maximum absolute atomic E-state index is 10.8. The van der Waals surface area contributed by atoms with Crippen LogP contribution in [0.1, 0.15) is 27.7 Å². The van der Waals surface area contributed by atoms with Crippen LogP contribution in [-0.4, -0.2) is 11.1 Å². The van der Waals surface area contributed by atoms with Crippen molar-refractivity contribution in [3.8, 4) is 11.8 Å². The predicted molar refractivity (Wildman–Crippen MR) is 48.6 cm³/mol. The minimum absolute atomic E-state index is 0.0625. The van der Waals surface area contributed by atoms with Crippen molar-refractivity contribution in [2.24, 2.45) is 17.8 Å². The van der Waals surface area contributed by atoms with Gasteiger partial charge >= 0.3 is 5.97 Å². The molecule has 0 heterocycles. The summed E-state index contributed by atoms with van der Waals surface area (Å²) >= 11 is 0. The van der Waals surface area contributed by atoms with E-state index < -0.39 is 5.97 Å². The van der Waals surface area contributed by atoms with Gasteiger partial charge in [-0.15, -0.1) is 5.92 Å². The Morgan fingerprint density at radius 2 is 1.83 bits per heavy atom. The van der Waals surface area contributed by atoms with E-state index in [-0.39, 0.29) is 17.8 Å². The fraction of sp³-hybridized carbons (Fsp3) is 0.700. The Bertz CT molecular complexity index is 208. The smallest absolute Gasteiger partial charge is 0.308 e. The zero-order valence-electron chi connectivity index (χ0n) is 8.09. The molecule has 0 aromatic rings. The summed E-state index contributed by atoms with van der Waals surface area (Å²) in [5.74, 6) is 4.60. The Morgan fingerprint density at radius 3 is 2.08 bits per heavy atom. The van der Waals surface area contributed by atoms with E-state index in [4.69, 9.17) is 5.11 Å². The molecule has 2 heteroatoms. The highest BCUT2D eigenvalue weighted by Gasteiger charge is 2.26. The van der Waals surface area contributed by atoms with Crippen LogP contribution in [0.25, 0.3) is 0 Å². The third-order valence-electron chi connectivity index (χ3n) is 1.91. The maximum atomic E-state index is 10.8. The molecule has 68 valence electrons. The summed E-state index contributed by atoms with van der Waals surface area (Å²) < 4.78 is 0. The average Bonchev–Trinajstić information content (AvgIpc) is 1.85. The van der Waals surface area contributed by atoms with Gasteiger partial charge in [-0.25, -0.2) is 0 Å². The van der Waals surface area contributed by atoms with Crippen molar-refractivity contribution in [3.05, 3.63) is 0 Å². The van der Waals surface area contributed by atoms with Crippen molar-refractivity contribution in [2.75, 3.05) is 0 Å². The van der Waals surface area contributed by atoms with E-state index in [1.807, 2.05) is 20.8 Å². The molecule has 1 N–H and O–H groups in total. The molecule has 0 spiro atoms. The molecule has 0 saturated carbocycles. The summed E-state index contributed by atoms with van der Waals surface area (Å²) in [4.78, 5) is 10.8. The molecule has 12 heavy (non-hydrogen) atoms. The van der Waals surface area contributed by atoms with Crippen molar-refractivity contribution in [1.82, 2.24) is 0 Å². The van der Waals surface area contributed by atoms with Crippen LogP contribution in [0.15, 0.2) is 0 Å². The van der Waals surface area contributed by atoms with Gasteiger partial charge in [0.25, 0.3) is 0 Å². The average molecular weight is 168 g/mol. The first-order valence-corrected chi connectivity index (χ1v) is 4.15.